The fourth-order valence-electron chi connectivity index (χ4n) is 10.1. The average Bonchev–Trinajstić information content (AvgIpc) is 1.65. The van der Waals surface area contributed by atoms with E-state index in [1.807, 2.05) is 125 Å². The van der Waals surface area contributed by atoms with Crippen LogP contribution in [0, 0.1) is 20.8 Å². The number of nitrogens with one attached hydrogen (secondary N) is 3. The third-order valence-corrected chi connectivity index (χ3v) is 19.9. The zero-order valence-corrected chi connectivity index (χ0v) is 58.2. The summed E-state index contributed by atoms with van der Waals surface area (Å²) in [7, 11) is 0. The zero-order valence-electron chi connectivity index (χ0n) is 49.0. The molecule has 1 aliphatic rings. The normalized spacial score (nSPS) is 12.9. The molecule has 26 heteroatoms. The number of halogens is 9. The van der Waals surface area contributed by atoms with E-state index in [1.54, 1.807) is 74.8 Å². The number of carbonyl (C=O) groups excluding carboxylic acids is 3. The second kappa shape index (κ2) is 30.2. The maximum Gasteiger partial charge on any atom is 0.286 e. The maximum absolute atomic E-state index is 13.2. The highest BCUT2D eigenvalue weighted by Crippen LogP contribution is 2.41. The minimum atomic E-state index is -0.302. The van der Waals surface area contributed by atoms with E-state index in [9.17, 15) is 14.4 Å². The third kappa shape index (κ3) is 15.9. The molecule has 468 valence electrons. The summed E-state index contributed by atoms with van der Waals surface area (Å²) < 4.78 is 6.98. The van der Waals surface area contributed by atoms with E-state index >= 15 is 0 Å². The number of pyridine rings is 1. The van der Waals surface area contributed by atoms with Gasteiger partial charge in [0.2, 0.25) is 0 Å². The standard InChI is InChI=1S/C23H18Cl3N3OS.C22H17Cl3N4OS.C20H19Cl3N4OS/c1-13-21(23(30)27-14(2)15-6-4-3-5-7-15)28-29(18-9-8-16(24)12-17(18)25)22(13)19-10-11-20(26)31-19;1-12-20(22(30)27-13(2)16-5-3-4-10-26-16)28-29(17-7-6-14(23)11-15(17)24)21(12)18-8-9-19(25)31-18;1-12-18(20(28)25-26-9-3-2-4-10-26)24-27(15-6-5-13(21)11-14(15)22)19(12)16-7-8-17(23)29-16/h3-12,14H,1-2H3,(H,27,30);3-11,13H,1-2H3,(H,27,30);5-8,11H,2-4,9-10H2,1H3,(H,25,28)/t14-;13-;/m00./s1. The summed E-state index contributed by atoms with van der Waals surface area (Å²) in [5, 5.41) is 24.7. The Morgan fingerprint density at radius 3 is 1.20 bits per heavy atom. The molecule has 1 aliphatic heterocycles. The molecule has 0 saturated carbocycles. The predicted molar refractivity (Wildman–Crippen MR) is 375 cm³/mol. The Labute approximate surface area is 582 Å². The van der Waals surface area contributed by atoms with Gasteiger partial charge in [0.1, 0.15) is 0 Å². The molecule has 4 aromatic carbocycles. The summed E-state index contributed by atoms with van der Waals surface area (Å²) in [6.45, 7) is 11.1. The van der Waals surface area contributed by atoms with Crippen molar-refractivity contribution in [3.8, 4) is 48.8 Å². The minimum absolute atomic E-state index is 0.169. The van der Waals surface area contributed by atoms with Crippen LogP contribution in [-0.4, -0.2) is 70.1 Å². The summed E-state index contributed by atoms with van der Waals surface area (Å²) in [4.78, 5) is 46.3. The number of piperidine rings is 1. The number of amides is 3. The molecule has 14 nitrogen and oxygen atoms in total. The predicted octanol–water partition coefficient (Wildman–Crippen LogP) is 20.1. The lowest BCUT2D eigenvalue weighted by Gasteiger charge is -2.26. The maximum atomic E-state index is 13.2. The molecule has 0 bridgehead atoms. The Bertz CT molecular complexity index is 4250. The zero-order chi connectivity index (χ0) is 64.8. The van der Waals surface area contributed by atoms with Gasteiger partial charge >= 0.3 is 0 Å². The van der Waals surface area contributed by atoms with Crippen LogP contribution < -0.4 is 16.1 Å². The fourth-order valence-corrected chi connectivity index (χ4v) is 14.9. The first-order chi connectivity index (χ1) is 43.6. The summed E-state index contributed by atoms with van der Waals surface area (Å²) in [6, 6.07) is 41.6. The summed E-state index contributed by atoms with van der Waals surface area (Å²) >= 11 is 60.3. The third-order valence-electron chi connectivity index (χ3n) is 14.6. The molecule has 11 aromatic rings. The van der Waals surface area contributed by atoms with Gasteiger partial charge in [-0.05, 0) is 156 Å². The van der Waals surface area contributed by atoms with Crippen LogP contribution in [0.3, 0.4) is 0 Å². The SMILES string of the molecule is Cc1c(C(=O)NN2CCCCC2)nn(-c2ccc(Cl)cc2Cl)c1-c1ccc(Cl)s1.Cc1c(C(=O)N[C@@H](C)c2ccccc2)nn(-c2ccc(Cl)cc2Cl)c1-c1ccc(Cl)s1.Cc1c(C(=O)N[C@@H](C)c2ccccn2)nn(-c2ccc(Cl)cc2Cl)c1-c1ccc(Cl)s1. The molecule has 1 fully saturated rings. The van der Waals surface area contributed by atoms with E-state index in [1.165, 1.54) is 40.4 Å². The highest BCUT2D eigenvalue weighted by molar-refractivity contribution is 7.20. The van der Waals surface area contributed by atoms with Gasteiger partial charge in [-0.3, -0.25) is 24.8 Å². The second-order valence-electron chi connectivity index (χ2n) is 20.8. The van der Waals surface area contributed by atoms with Gasteiger partial charge in [0.25, 0.3) is 17.7 Å². The number of benzene rings is 4. The Balaban J connectivity index is 0.000000150. The average molecular weight is 1450 g/mol. The first-order valence-corrected chi connectivity index (χ1v) is 34.0. The monoisotopic (exact) mass is 1450 g/mol. The van der Waals surface area contributed by atoms with Gasteiger partial charge in [-0.15, -0.1) is 34.0 Å². The second-order valence-corrected chi connectivity index (χ2v) is 28.5. The van der Waals surface area contributed by atoms with Crippen LogP contribution in [0.1, 0.15) is 105 Å². The van der Waals surface area contributed by atoms with Crippen LogP contribution in [0.15, 0.2) is 146 Å². The molecule has 3 amide bonds. The molecule has 12 rings (SSSR count). The summed E-state index contributed by atoms with van der Waals surface area (Å²) in [6.07, 6.45) is 5.04. The van der Waals surface area contributed by atoms with Gasteiger partial charge in [-0.25, -0.2) is 19.1 Å². The molecule has 7 aromatic heterocycles. The molecular formula is C65H54Cl9N11O3S3. The molecule has 2 atom stereocenters. The van der Waals surface area contributed by atoms with Gasteiger partial charge in [0, 0.05) is 51.0 Å². The van der Waals surface area contributed by atoms with Crippen molar-refractivity contribution < 1.29 is 14.4 Å². The molecule has 0 radical (unpaired) electrons. The van der Waals surface area contributed by atoms with Gasteiger partial charge < -0.3 is 10.6 Å². The number of rotatable bonds is 14. The van der Waals surface area contributed by atoms with Crippen LogP contribution in [0.25, 0.3) is 48.8 Å². The van der Waals surface area contributed by atoms with E-state index in [0.29, 0.717) is 77.3 Å². The van der Waals surface area contributed by atoms with Gasteiger partial charge in [-0.2, -0.15) is 15.3 Å². The highest BCUT2D eigenvalue weighted by Gasteiger charge is 2.29. The molecule has 8 heterocycles. The number of hydrogen-bond acceptors (Lipinski definition) is 11. The van der Waals surface area contributed by atoms with E-state index < -0.39 is 0 Å². The Morgan fingerprint density at radius 1 is 0.451 bits per heavy atom. The van der Waals surface area contributed by atoms with Gasteiger partial charge in [0.15, 0.2) is 17.1 Å². The molecule has 0 aliphatic carbocycles. The van der Waals surface area contributed by atoms with Crippen LogP contribution >= 0.6 is 138 Å². The Morgan fingerprint density at radius 2 is 0.835 bits per heavy atom. The van der Waals surface area contributed by atoms with Crippen molar-refractivity contribution in [3.63, 3.8) is 0 Å². The van der Waals surface area contributed by atoms with Crippen molar-refractivity contribution in [1.29, 1.82) is 0 Å². The number of nitrogens with zero attached hydrogens (tertiary/aromatic N) is 8. The van der Waals surface area contributed by atoms with E-state index in [0.717, 1.165) is 85.6 Å². The van der Waals surface area contributed by atoms with E-state index in [4.69, 9.17) is 104 Å². The number of aromatic nitrogens is 7. The van der Waals surface area contributed by atoms with E-state index in [2.05, 4.69) is 36.3 Å². The number of carbonyl (C=O) groups is 3. The number of thiophene rings is 3. The molecule has 1 saturated heterocycles. The van der Waals surface area contributed by atoms with Gasteiger partial charge in [0.05, 0.1) is 94.6 Å². The largest absolute Gasteiger partial charge is 0.344 e. The lowest BCUT2D eigenvalue weighted by atomic mass is 10.1. The van der Waals surface area contributed by atoms with Crippen LogP contribution in [0.4, 0.5) is 0 Å². The quantitative estimate of drug-likeness (QED) is 0.0971. The molecule has 0 spiro atoms. The number of hydrogen-bond donors (Lipinski definition) is 3. The van der Waals surface area contributed by atoms with Crippen LogP contribution in [-0.2, 0) is 0 Å². The van der Waals surface area contributed by atoms with Crippen molar-refractivity contribution in [1.82, 2.24) is 55.4 Å². The lowest BCUT2D eigenvalue weighted by Crippen LogP contribution is -2.45. The van der Waals surface area contributed by atoms with E-state index in [-0.39, 0.29) is 29.8 Å². The fraction of sp³-hybridized carbons (Fsp3) is 0.185. The van der Waals surface area contributed by atoms with Crippen LogP contribution in [0.2, 0.25) is 43.1 Å². The van der Waals surface area contributed by atoms with Gasteiger partial charge in [-0.1, -0.05) is 147 Å². The molecular weight excluding hydrogens is 1400 g/mol. The first kappa shape index (κ1) is 67.6. The Kier molecular flexibility index (Phi) is 22.5. The van der Waals surface area contributed by atoms with Crippen molar-refractivity contribution in [2.24, 2.45) is 0 Å². The van der Waals surface area contributed by atoms with Crippen LogP contribution in [0.5, 0.6) is 0 Å². The Hall–Kier alpha value is -6.26. The lowest BCUT2D eigenvalue weighted by molar-refractivity contribution is 0.0743. The summed E-state index contributed by atoms with van der Waals surface area (Å²) in [5.74, 6) is -0.790. The molecule has 3 N–H and O–H groups in total. The summed E-state index contributed by atoms with van der Waals surface area (Å²) in [5.41, 5.74) is 12.2. The molecule has 91 heavy (non-hydrogen) atoms. The van der Waals surface area contributed by atoms with Crippen molar-refractivity contribution in [3.05, 3.63) is 234 Å². The van der Waals surface area contributed by atoms with Crippen molar-refractivity contribution in [2.75, 3.05) is 13.1 Å². The minimum Gasteiger partial charge on any atom is -0.344 e. The highest BCUT2D eigenvalue weighted by atomic mass is 35.5. The first-order valence-electron chi connectivity index (χ1n) is 28.2. The molecule has 0 unspecified atom stereocenters. The van der Waals surface area contributed by atoms with Crippen molar-refractivity contribution >= 4 is 156 Å². The number of hydrazine groups is 1. The van der Waals surface area contributed by atoms with Crippen molar-refractivity contribution in [2.45, 2.75) is 66.0 Å². The topological polar surface area (TPSA) is 157 Å². The smallest absolute Gasteiger partial charge is 0.286 e.